The summed E-state index contributed by atoms with van der Waals surface area (Å²) in [5, 5.41) is 3.82. The van der Waals surface area contributed by atoms with Crippen LogP contribution < -0.4 is 5.32 Å². The Labute approximate surface area is 139 Å². The Morgan fingerprint density at radius 3 is 2.55 bits per heavy atom. The molecule has 0 heterocycles. The predicted molar refractivity (Wildman–Crippen MR) is 91.8 cm³/mol. The standard InChI is InChI=1S/C17H23Br2N/c1-2-9-20-17(14-10-11(18)7-8-15(14)19)16-12-5-3-4-6-13(12)16/h7-8,10,12-13,16-17,20H,2-6,9H2,1H3. The van der Waals surface area contributed by atoms with Gasteiger partial charge in [0.2, 0.25) is 0 Å². The molecule has 1 N–H and O–H groups in total. The number of fused-ring (bicyclic) bond motifs is 1. The molecule has 0 spiro atoms. The maximum atomic E-state index is 3.82. The molecule has 0 bridgehead atoms. The summed E-state index contributed by atoms with van der Waals surface area (Å²) in [5.41, 5.74) is 1.44. The summed E-state index contributed by atoms with van der Waals surface area (Å²) in [6.07, 6.45) is 6.98. The molecule has 2 saturated carbocycles. The molecule has 20 heavy (non-hydrogen) atoms. The van der Waals surface area contributed by atoms with Crippen LogP contribution >= 0.6 is 31.9 Å². The highest BCUT2D eigenvalue weighted by atomic mass is 79.9. The molecule has 110 valence electrons. The van der Waals surface area contributed by atoms with E-state index in [9.17, 15) is 0 Å². The zero-order chi connectivity index (χ0) is 14.1. The number of hydrogen-bond acceptors (Lipinski definition) is 1. The van der Waals surface area contributed by atoms with Crippen LogP contribution in [0.5, 0.6) is 0 Å². The van der Waals surface area contributed by atoms with Crippen molar-refractivity contribution in [3.05, 3.63) is 32.7 Å². The van der Waals surface area contributed by atoms with Gasteiger partial charge in [0.05, 0.1) is 0 Å². The molecule has 1 aromatic rings. The first-order valence-electron chi connectivity index (χ1n) is 7.90. The molecule has 3 unspecified atom stereocenters. The zero-order valence-electron chi connectivity index (χ0n) is 12.0. The molecule has 0 amide bonds. The zero-order valence-corrected chi connectivity index (χ0v) is 15.2. The van der Waals surface area contributed by atoms with Gasteiger partial charge >= 0.3 is 0 Å². The molecule has 2 aliphatic rings. The van der Waals surface area contributed by atoms with Gasteiger partial charge in [0.25, 0.3) is 0 Å². The minimum absolute atomic E-state index is 0.523. The van der Waals surface area contributed by atoms with Gasteiger partial charge < -0.3 is 5.32 Å². The van der Waals surface area contributed by atoms with E-state index in [1.165, 1.54) is 46.6 Å². The van der Waals surface area contributed by atoms with Crippen molar-refractivity contribution in [2.45, 2.75) is 45.1 Å². The average Bonchev–Trinajstić information content (AvgIpc) is 3.17. The van der Waals surface area contributed by atoms with Crippen LogP contribution in [0.3, 0.4) is 0 Å². The molecule has 3 heteroatoms. The number of rotatable bonds is 5. The highest BCUT2D eigenvalue weighted by molar-refractivity contribution is 9.11. The van der Waals surface area contributed by atoms with Gasteiger partial charge in [-0.25, -0.2) is 0 Å². The largest absolute Gasteiger partial charge is 0.310 e. The van der Waals surface area contributed by atoms with E-state index in [-0.39, 0.29) is 0 Å². The third-order valence-corrected chi connectivity index (χ3v) is 6.23. The molecular formula is C17H23Br2N. The highest BCUT2D eigenvalue weighted by Crippen LogP contribution is 2.60. The molecule has 3 atom stereocenters. The Morgan fingerprint density at radius 1 is 1.20 bits per heavy atom. The van der Waals surface area contributed by atoms with Crippen LogP contribution in [0.15, 0.2) is 27.1 Å². The summed E-state index contributed by atoms with van der Waals surface area (Å²) < 4.78 is 2.43. The van der Waals surface area contributed by atoms with Crippen LogP contribution in [0, 0.1) is 17.8 Å². The SMILES string of the molecule is CCCNC(c1cc(Br)ccc1Br)C1C2CCCCC21. The first kappa shape index (κ1) is 15.1. The predicted octanol–water partition coefficient (Wildman–Crippen LogP) is 5.69. The third kappa shape index (κ3) is 3.00. The Bertz CT molecular complexity index is 462. The van der Waals surface area contributed by atoms with Gasteiger partial charge in [0, 0.05) is 15.0 Å². The van der Waals surface area contributed by atoms with E-state index in [1.54, 1.807) is 0 Å². The minimum atomic E-state index is 0.523. The minimum Gasteiger partial charge on any atom is -0.310 e. The molecule has 0 radical (unpaired) electrons. The number of nitrogens with one attached hydrogen (secondary N) is 1. The second-order valence-electron chi connectivity index (χ2n) is 6.29. The molecule has 2 aliphatic carbocycles. The fourth-order valence-electron chi connectivity index (χ4n) is 4.05. The van der Waals surface area contributed by atoms with E-state index >= 15 is 0 Å². The van der Waals surface area contributed by atoms with E-state index < -0.39 is 0 Å². The molecule has 0 aromatic heterocycles. The lowest BCUT2D eigenvalue weighted by Gasteiger charge is -2.21. The topological polar surface area (TPSA) is 12.0 Å². The fourth-order valence-corrected chi connectivity index (χ4v) is 4.92. The van der Waals surface area contributed by atoms with Crippen LogP contribution in [0.2, 0.25) is 0 Å². The van der Waals surface area contributed by atoms with Crippen molar-refractivity contribution in [3.8, 4) is 0 Å². The quantitative estimate of drug-likeness (QED) is 0.669. The van der Waals surface area contributed by atoms with E-state index in [0.29, 0.717) is 6.04 Å². The van der Waals surface area contributed by atoms with Crippen LogP contribution in [0.25, 0.3) is 0 Å². The van der Waals surface area contributed by atoms with Gasteiger partial charge in [0.15, 0.2) is 0 Å². The monoisotopic (exact) mass is 399 g/mol. The fraction of sp³-hybridized carbons (Fsp3) is 0.647. The molecule has 3 rings (SSSR count). The summed E-state index contributed by atoms with van der Waals surface area (Å²) in [4.78, 5) is 0. The molecular weight excluding hydrogens is 378 g/mol. The lowest BCUT2D eigenvalue weighted by atomic mass is 9.99. The van der Waals surface area contributed by atoms with Crippen molar-refractivity contribution in [1.82, 2.24) is 5.32 Å². The van der Waals surface area contributed by atoms with Crippen molar-refractivity contribution in [2.24, 2.45) is 17.8 Å². The van der Waals surface area contributed by atoms with E-state index in [1.807, 2.05) is 0 Å². The highest BCUT2D eigenvalue weighted by Gasteiger charge is 2.54. The maximum Gasteiger partial charge on any atom is 0.0365 e. The number of hydrogen-bond donors (Lipinski definition) is 1. The van der Waals surface area contributed by atoms with Crippen molar-refractivity contribution >= 4 is 31.9 Å². The smallest absolute Gasteiger partial charge is 0.0365 e. The summed E-state index contributed by atoms with van der Waals surface area (Å²) in [7, 11) is 0. The van der Waals surface area contributed by atoms with Crippen LogP contribution in [0.4, 0.5) is 0 Å². The molecule has 1 aromatic carbocycles. The summed E-state index contributed by atoms with van der Waals surface area (Å²) in [6.45, 7) is 3.36. The number of halogens is 2. The first-order chi connectivity index (χ1) is 9.72. The normalized spacial score (nSPS) is 29.9. The van der Waals surface area contributed by atoms with Gasteiger partial charge in [0.1, 0.15) is 0 Å². The van der Waals surface area contributed by atoms with Crippen LogP contribution in [-0.2, 0) is 0 Å². The summed E-state index contributed by atoms with van der Waals surface area (Å²) >= 11 is 7.39. The Morgan fingerprint density at radius 2 is 1.90 bits per heavy atom. The Balaban J connectivity index is 1.84. The van der Waals surface area contributed by atoms with Crippen molar-refractivity contribution in [2.75, 3.05) is 6.54 Å². The lowest BCUT2D eigenvalue weighted by Crippen LogP contribution is -2.25. The molecule has 0 aliphatic heterocycles. The Kier molecular flexibility index (Phi) is 4.89. The van der Waals surface area contributed by atoms with Crippen molar-refractivity contribution in [3.63, 3.8) is 0 Å². The van der Waals surface area contributed by atoms with Gasteiger partial charge in [-0.3, -0.25) is 0 Å². The Hall–Kier alpha value is 0.140. The maximum absolute atomic E-state index is 3.82. The van der Waals surface area contributed by atoms with Crippen molar-refractivity contribution in [1.29, 1.82) is 0 Å². The van der Waals surface area contributed by atoms with E-state index in [0.717, 1.165) is 24.3 Å². The van der Waals surface area contributed by atoms with Gasteiger partial charge in [-0.2, -0.15) is 0 Å². The lowest BCUT2D eigenvalue weighted by molar-refractivity contribution is 0.444. The van der Waals surface area contributed by atoms with E-state index in [2.05, 4.69) is 62.3 Å². The summed E-state index contributed by atoms with van der Waals surface area (Å²) in [6, 6.07) is 7.10. The first-order valence-corrected chi connectivity index (χ1v) is 9.49. The number of benzene rings is 1. The molecule has 2 fully saturated rings. The van der Waals surface area contributed by atoms with Gasteiger partial charge in [-0.15, -0.1) is 0 Å². The second-order valence-corrected chi connectivity index (χ2v) is 8.06. The van der Waals surface area contributed by atoms with Crippen LogP contribution in [-0.4, -0.2) is 6.54 Å². The molecule has 1 nitrogen and oxygen atoms in total. The van der Waals surface area contributed by atoms with E-state index in [4.69, 9.17) is 0 Å². The summed E-state index contributed by atoms with van der Waals surface area (Å²) in [5.74, 6) is 2.81. The average molecular weight is 401 g/mol. The second kappa shape index (κ2) is 6.50. The third-order valence-electron chi connectivity index (χ3n) is 5.02. The van der Waals surface area contributed by atoms with Gasteiger partial charge in [-0.05, 0) is 67.3 Å². The van der Waals surface area contributed by atoms with Crippen molar-refractivity contribution < 1.29 is 0 Å². The molecule has 0 saturated heterocycles. The van der Waals surface area contributed by atoms with Crippen LogP contribution in [0.1, 0.15) is 50.6 Å². The van der Waals surface area contributed by atoms with Gasteiger partial charge in [-0.1, -0.05) is 51.6 Å².